The molecule has 0 saturated heterocycles. The molecule has 2 rings (SSSR count). The third kappa shape index (κ3) is 5.47. The van der Waals surface area contributed by atoms with Crippen molar-refractivity contribution in [2.24, 2.45) is 0 Å². The fourth-order valence-corrected chi connectivity index (χ4v) is 1.88. The molecule has 1 N–H and O–H groups in total. The summed E-state index contributed by atoms with van der Waals surface area (Å²) in [6.45, 7) is 0.293. The number of benzene rings is 2. The summed E-state index contributed by atoms with van der Waals surface area (Å²) in [6, 6.07) is 13.4. The molecule has 0 bridgehead atoms. The molecule has 1 amide bonds. The van der Waals surface area contributed by atoms with E-state index in [-0.39, 0.29) is 18.2 Å². The molecular weight excluding hydrogens is 305 g/mol. The van der Waals surface area contributed by atoms with E-state index in [0.717, 1.165) is 5.56 Å². The molecule has 0 aromatic heterocycles. The zero-order chi connectivity index (χ0) is 15.8. The summed E-state index contributed by atoms with van der Waals surface area (Å²) < 4.78 is 18.1. The van der Waals surface area contributed by atoms with Crippen LogP contribution in [0.3, 0.4) is 0 Å². The van der Waals surface area contributed by atoms with Gasteiger partial charge in [-0.25, -0.2) is 9.18 Å². The Bertz CT molecular complexity index is 687. The third-order valence-electron chi connectivity index (χ3n) is 2.63. The lowest BCUT2D eigenvalue weighted by molar-refractivity contribution is 0.141. The predicted octanol–water partition coefficient (Wildman–Crippen LogP) is 3.76. The van der Waals surface area contributed by atoms with E-state index >= 15 is 0 Å². The van der Waals surface area contributed by atoms with Crippen LogP contribution in [0.15, 0.2) is 48.5 Å². The molecule has 0 spiro atoms. The van der Waals surface area contributed by atoms with Crippen molar-refractivity contribution in [1.82, 2.24) is 5.32 Å². The van der Waals surface area contributed by atoms with Gasteiger partial charge in [-0.15, -0.1) is 0 Å². The number of hydrogen-bond donors (Lipinski definition) is 1. The first-order valence-corrected chi connectivity index (χ1v) is 6.91. The number of carbonyl (C=O) groups excluding carboxylic acids is 1. The number of nitrogens with one attached hydrogen (secondary N) is 1. The van der Waals surface area contributed by atoms with Crippen molar-refractivity contribution in [2.75, 3.05) is 6.54 Å². The molecule has 5 heteroatoms. The maximum atomic E-state index is 13.1. The maximum absolute atomic E-state index is 13.1. The van der Waals surface area contributed by atoms with Crippen LogP contribution in [0.25, 0.3) is 0 Å². The predicted molar refractivity (Wildman–Crippen MR) is 82.9 cm³/mol. The van der Waals surface area contributed by atoms with E-state index in [1.54, 1.807) is 6.07 Å². The van der Waals surface area contributed by atoms with Crippen molar-refractivity contribution in [3.8, 4) is 11.8 Å². The summed E-state index contributed by atoms with van der Waals surface area (Å²) in [5.74, 6) is 4.96. The average Bonchev–Trinajstić information content (AvgIpc) is 2.50. The number of halogens is 2. The van der Waals surface area contributed by atoms with Crippen LogP contribution in [0.1, 0.15) is 11.1 Å². The topological polar surface area (TPSA) is 38.3 Å². The standard InChI is InChI=1S/C17H13ClFNO2/c18-15-9-14(10-16(19)11-15)7-4-8-20-17(21)22-12-13-5-2-1-3-6-13/h1-3,5-6,9-11H,8,12H2,(H,20,21). The summed E-state index contributed by atoms with van der Waals surface area (Å²) in [4.78, 5) is 11.5. The molecule has 2 aromatic carbocycles. The van der Waals surface area contributed by atoms with Gasteiger partial charge in [-0.1, -0.05) is 53.8 Å². The van der Waals surface area contributed by atoms with Crippen LogP contribution in [0, 0.1) is 17.7 Å². The van der Waals surface area contributed by atoms with E-state index in [9.17, 15) is 9.18 Å². The molecular formula is C17H13ClFNO2. The van der Waals surface area contributed by atoms with Gasteiger partial charge >= 0.3 is 6.09 Å². The van der Waals surface area contributed by atoms with E-state index in [2.05, 4.69) is 17.2 Å². The van der Waals surface area contributed by atoms with Crippen molar-refractivity contribution in [2.45, 2.75) is 6.61 Å². The third-order valence-corrected chi connectivity index (χ3v) is 2.85. The highest BCUT2D eigenvalue weighted by Gasteiger charge is 2.00. The highest BCUT2D eigenvalue weighted by atomic mass is 35.5. The van der Waals surface area contributed by atoms with E-state index < -0.39 is 11.9 Å². The molecule has 0 aliphatic heterocycles. The average molecular weight is 318 g/mol. The molecule has 0 unspecified atom stereocenters. The molecule has 22 heavy (non-hydrogen) atoms. The minimum absolute atomic E-state index is 0.0990. The molecule has 0 fully saturated rings. The van der Waals surface area contributed by atoms with Gasteiger partial charge in [0.15, 0.2) is 0 Å². The van der Waals surface area contributed by atoms with Gasteiger partial charge in [0.05, 0.1) is 6.54 Å². The molecule has 0 heterocycles. The Kier molecular flexibility index (Phi) is 5.81. The molecule has 112 valence electrons. The second-order valence-corrected chi connectivity index (χ2v) is 4.81. The smallest absolute Gasteiger partial charge is 0.408 e. The van der Waals surface area contributed by atoms with Crippen LogP contribution in [-0.2, 0) is 11.3 Å². The van der Waals surface area contributed by atoms with Gasteiger partial charge in [0, 0.05) is 10.6 Å². The minimum atomic E-state index is -0.560. The fraction of sp³-hybridized carbons (Fsp3) is 0.118. The fourth-order valence-electron chi connectivity index (χ4n) is 1.66. The van der Waals surface area contributed by atoms with Gasteiger partial charge in [0.2, 0.25) is 0 Å². The Morgan fingerprint density at radius 2 is 2.00 bits per heavy atom. The van der Waals surface area contributed by atoms with Gasteiger partial charge in [0.1, 0.15) is 12.4 Å². The van der Waals surface area contributed by atoms with Crippen LogP contribution in [-0.4, -0.2) is 12.6 Å². The minimum Gasteiger partial charge on any atom is -0.445 e. The maximum Gasteiger partial charge on any atom is 0.408 e. The lowest BCUT2D eigenvalue weighted by Crippen LogP contribution is -2.24. The van der Waals surface area contributed by atoms with Gasteiger partial charge in [0.25, 0.3) is 0 Å². The lowest BCUT2D eigenvalue weighted by atomic mass is 10.2. The molecule has 3 nitrogen and oxygen atoms in total. The first-order valence-electron chi connectivity index (χ1n) is 6.53. The molecule has 0 radical (unpaired) electrons. The van der Waals surface area contributed by atoms with Crippen LogP contribution in [0.2, 0.25) is 5.02 Å². The number of rotatable bonds is 3. The van der Waals surface area contributed by atoms with E-state index in [1.807, 2.05) is 30.3 Å². The Labute approximate surface area is 133 Å². The highest BCUT2D eigenvalue weighted by molar-refractivity contribution is 6.30. The number of ether oxygens (including phenoxy) is 1. The summed E-state index contributed by atoms with van der Waals surface area (Å²) in [7, 11) is 0. The van der Waals surface area contributed by atoms with Crippen molar-refractivity contribution < 1.29 is 13.9 Å². The zero-order valence-corrected chi connectivity index (χ0v) is 12.4. The van der Waals surface area contributed by atoms with Gasteiger partial charge in [-0.05, 0) is 23.8 Å². The number of alkyl carbamates (subject to hydrolysis) is 1. The van der Waals surface area contributed by atoms with Crippen molar-refractivity contribution in [1.29, 1.82) is 0 Å². The Morgan fingerprint density at radius 1 is 1.23 bits per heavy atom. The molecule has 0 aliphatic rings. The van der Waals surface area contributed by atoms with Crippen molar-refractivity contribution in [3.05, 3.63) is 70.5 Å². The number of amides is 1. The Balaban J connectivity index is 1.76. The van der Waals surface area contributed by atoms with Gasteiger partial charge in [-0.2, -0.15) is 0 Å². The van der Waals surface area contributed by atoms with Crippen LogP contribution < -0.4 is 5.32 Å². The monoisotopic (exact) mass is 317 g/mol. The van der Waals surface area contributed by atoms with E-state index in [1.165, 1.54) is 12.1 Å². The second-order valence-electron chi connectivity index (χ2n) is 4.38. The van der Waals surface area contributed by atoms with Crippen LogP contribution >= 0.6 is 11.6 Å². The van der Waals surface area contributed by atoms with Crippen molar-refractivity contribution >= 4 is 17.7 Å². The van der Waals surface area contributed by atoms with Crippen molar-refractivity contribution in [3.63, 3.8) is 0 Å². The van der Waals surface area contributed by atoms with Gasteiger partial charge in [-0.3, -0.25) is 0 Å². The Morgan fingerprint density at radius 3 is 2.73 bits per heavy atom. The summed E-state index contributed by atoms with van der Waals surface area (Å²) in [6.07, 6.45) is -0.560. The summed E-state index contributed by atoms with van der Waals surface area (Å²) >= 11 is 5.72. The number of carbonyl (C=O) groups is 1. The second kappa shape index (κ2) is 8.06. The largest absolute Gasteiger partial charge is 0.445 e. The highest BCUT2D eigenvalue weighted by Crippen LogP contribution is 2.12. The zero-order valence-electron chi connectivity index (χ0n) is 11.6. The van der Waals surface area contributed by atoms with Gasteiger partial charge < -0.3 is 10.1 Å². The Hall–Kier alpha value is -2.51. The normalized spacial score (nSPS) is 9.55. The quantitative estimate of drug-likeness (QED) is 0.875. The van der Waals surface area contributed by atoms with E-state index in [4.69, 9.17) is 16.3 Å². The molecule has 0 atom stereocenters. The molecule has 2 aromatic rings. The summed E-state index contributed by atoms with van der Waals surface area (Å²) in [5, 5.41) is 2.77. The van der Waals surface area contributed by atoms with E-state index in [0.29, 0.717) is 5.56 Å². The number of hydrogen-bond acceptors (Lipinski definition) is 2. The molecule has 0 aliphatic carbocycles. The lowest BCUT2D eigenvalue weighted by Gasteiger charge is -2.04. The first-order chi connectivity index (χ1) is 10.6. The van der Waals surface area contributed by atoms with Crippen LogP contribution in [0.5, 0.6) is 0 Å². The van der Waals surface area contributed by atoms with Crippen LogP contribution in [0.4, 0.5) is 9.18 Å². The summed E-state index contributed by atoms with van der Waals surface area (Å²) in [5.41, 5.74) is 1.35. The first kappa shape index (κ1) is 15.9. The SMILES string of the molecule is O=C(NCC#Cc1cc(F)cc(Cl)c1)OCc1ccccc1. The molecule has 0 saturated carbocycles.